The lowest BCUT2D eigenvalue weighted by Gasteiger charge is -2.20. The Morgan fingerprint density at radius 3 is 2.55 bits per heavy atom. The summed E-state index contributed by atoms with van der Waals surface area (Å²) in [5.41, 5.74) is 1.15. The summed E-state index contributed by atoms with van der Waals surface area (Å²) in [4.78, 5) is 16.6. The van der Waals surface area contributed by atoms with Crippen LogP contribution in [0.5, 0.6) is 5.75 Å². The van der Waals surface area contributed by atoms with Gasteiger partial charge in [0.1, 0.15) is 12.4 Å². The predicted octanol–water partition coefficient (Wildman–Crippen LogP) is 5.52. The number of aromatic nitrogens is 2. The number of hydrogen-bond acceptors (Lipinski definition) is 3. The van der Waals surface area contributed by atoms with Crippen LogP contribution in [0.1, 0.15) is 53.9 Å². The third-order valence-electron chi connectivity index (χ3n) is 5.58. The summed E-state index contributed by atoms with van der Waals surface area (Å²) < 4.78 is 46.6. The van der Waals surface area contributed by atoms with Crippen LogP contribution < -0.4 is 10.3 Å². The molecule has 0 radical (unpaired) electrons. The lowest BCUT2D eigenvalue weighted by molar-refractivity contribution is -0.138. The smallest absolute Gasteiger partial charge is 0.418 e. The topological polar surface area (TPSA) is 44.1 Å². The van der Waals surface area contributed by atoms with Gasteiger partial charge in [0.25, 0.3) is 5.56 Å². The van der Waals surface area contributed by atoms with Gasteiger partial charge in [0, 0.05) is 29.4 Å². The summed E-state index contributed by atoms with van der Waals surface area (Å²) in [5, 5.41) is 0. The van der Waals surface area contributed by atoms with Gasteiger partial charge in [-0.05, 0) is 62.6 Å². The SMILES string of the molecule is Cc1cc(OCc2ncccc2C(F)(F)F)cc(=O)n1[C@H](C)c1ccc(C#CC2CC2)cc1. The summed E-state index contributed by atoms with van der Waals surface area (Å²) in [6, 6.07) is 12.7. The first kappa shape index (κ1) is 22.7. The minimum atomic E-state index is -4.53. The Hall–Kier alpha value is -3.53. The van der Waals surface area contributed by atoms with Crippen LogP contribution in [0.25, 0.3) is 0 Å². The number of halogens is 3. The van der Waals surface area contributed by atoms with Gasteiger partial charge in [-0.2, -0.15) is 13.2 Å². The Balaban J connectivity index is 1.51. The minimum absolute atomic E-state index is 0.199. The number of alkyl halides is 3. The lowest BCUT2D eigenvalue weighted by atomic mass is 10.1. The number of rotatable bonds is 5. The number of ether oxygens (including phenoxy) is 1. The summed E-state index contributed by atoms with van der Waals surface area (Å²) in [7, 11) is 0. The fraction of sp³-hybridized carbons (Fsp3) is 0.308. The van der Waals surface area contributed by atoms with Gasteiger partial charge in [0.05, 0.1) is 17.3 Å². The Bertz CT molecular complexity index is 1260. The van der Waals surface area contributed by atoms with Gasteiger partial charge in [0.15, 0.2) is 0 Å². The average molecular weight is 452 g/mol. The quantitative estimate of drug-likeness (QED) is 0.479. The summed E-state index contributed by atoms with van der Waals surface area (Å²) in [6.07, 6.45) is -0.896. The van der Waals surface area contributed by atoms with Crippen LogP contribution in [-0.4, -0.2) is 9.55 Å². The van der Waals surface area contributed by atoms with E-state index in [0.29, 0.717) is 11.6 Å². The van der Waals surface area contributed by atoms with Crippen LogP contribution in [0.2, 0.25) is 0 Å². The largest absolute Gasteiger partial charge is 0.487 e. The van der Waals surface area contributed by atoms with E-state index in [-0.39, 0.29) is 23.0 Å². The third kappa shape index (κ3) is 5.46. The molecule has 1 aliphatic carbocycles. The molecule has 170 valence electrons. The van der Waals surface area contributed by atoms with Gasteiger partial charge in [-0.15, -0.1) is 0 Å². The van der Waals surface area contributed by atoms with Crippen LogP contribution >= 0.6 is 0 Å². The van der Waals surface area contributed by atoms with Gasteiger partial charge in [-0.3, -0.25) is 9.78 Å². The molecule has 1 aliphatic rings. The van der Waals surface area contributed by atoms with Gasteiger partial charge < -0.3 is 9.30 Å². The molecule has 1 fully saturated rings. The first-order valence-corrected chi connectivity index (χ1v) is 10.7. The molecule has 0 amide bonds. The van der Waals surface area contributed by atoms with Crippen LogP contribution in [-0.2, 0) is 12.8 Å². The lowest BCUT2D eigenvalue weighted by Crippen LogP contribution is -2.25. The van der Waals surface area contributed by atoms with Gasteiger partial charge in [-0.1, -0.05) is 24.0 Å². The zero-order valence-electron chi connectivity index (χ0n) is 18.3. The Morgan fingerprint density at radius 2 is 1.91 bits per heavy atom. The van der Waals surface area contributed by atoms with E-state index in [9.17, 15) is 18.0 Å². The first-order valence-electron chi connectivity index (χ1n) is 10.7. The molecular weight excluding hydrogens is 429 g/mol. The molecule has 4 nitrogen and oxygen atoms in total. The van der Waals surface area contributed by atoms with Gasteiger partial charge in [-0.25, -0.2) is 0 Å². The monoisotopic (exact) mass is 452 g/mol. The molecule has 1 atom stereocenters. The van der Waals surface area contributed by atoms with E-state index in [1.54, 1.807) is 17.6 Å². The Kier molecular flexibility index (Phi) is 6.28. The zero-order valence-corrected chi connectivity index (χ0v) is 18.3. The maximum absolute atomic E-state index is 13.2. The average Bonchev–Trinajstić information content (AvgIpc) is 3.60. The Morgan fingerprint density at radius 1 is 1.18 bits per heavy atom. The molecule has 1 aromatic carbocycles. The molecule has 33 heavy (non-hydrogen) atoms. The molecule has 4 rings (SSSR count). The second-order valence-electron chi connectivity index (χ2n) is 8.17. The number of hydrogen-bond donors (Lipinski definition) is 0. The number of nitrogens with zero attached hydrogens (tertiary/aromatic N) is 2. The molecule has 7 heteroatoms. The first-order chi connectivity index (χ1) is 15.7. The van der Waals surface area contributed by atoms with E-state index in [4.69, 9.17) is 4.74 Å². The molecule has 0 N–H and O–H groups in total. The maximum atomic E-state index is 13.2. The fourth-order valence-corrected chi connectivity index (χ4v) is 3.63. The van der Waals surface area contributed by atoms with E-state index < -0.39 is 18.3 Å². The molecule has 2 heterocycles. The van der Waals surface area contributed by atoms with Crippen LogP contribution in [0.4, 0.5) is 13.2 Å². The summed E-state index contributed by atoms with van der Waals surface area (Å²) >= 11 is 0. The predicted molar refractivity (Wildman–Crippen MR) is 119 cm³/mol. The molecule has 0 bridgehead atoms. The second-order valence-corrected chi connectivity index (χ2v) is 8.17. The zero-order chi connectivity index (χ0) is 23.6. The van der Waals surface area contributed by atoms with E-state index in [1.807, 2.05) is 31.2 Å². The van der Waals surface area contributed by atoms with Gasteiger partial charge in [0.2, 0.25) is 0 Å². The van der Waals surface area contributed by atoms with E-state index in [0.717, 1.165) is 17.2 Å². The second kappa shape index (κ2) is 9.14. The highest BCUT2D eigenvalue weighted by Crippen LogP contribution is 2.31. The van der Waals surface area contributed by atoms with Crippen molar-refractivity contribution in [1.82, 2.24) is 9.55 Å². The summed E-state index contributed by atoms with van der Waals surface area (Å²) in [5.74, 6) is 7.13. The van der Waals surface area contributed by atoms with Crippen molar-refractivity contribution in [1.29, 1.82) is 0 Å². The van der Waals surface area contributed by atoms with Crippen molar-refractivity contribution in [2.75, 3.05) is 0 Å². The summed E-state index contributed by atoms with van der Waals surface area (Å²) in [6.45, 7) is 3.29. The minimum Gasteiger partial charge on any atom is -0.487 e. The van der Waals surface area contributed by atoms with Crippen molar-refractivity contribution in [3.63, 3.8) is 0 Å². The number of aryl methyl sites for hydroxylation is 1. The van der Waals surface area contributed by atoms with E-state index in [1.165, 1.54) is 31.2 Å². The standard InChI is InChI=1S/C26H23F3N2O2/c1-17-14-22(33-16-24-23(26(27,28)29)4-3-13-30-24)15-25(32)31(17)18(2)21-11-9-20(10-12-21)8-7-19-5-6-19/h3-4,9-15,18-19H,5-6,16H2,1-2H3/t18-/m1/s1. The van der Waals surface area contributed by atoms with Crippen molar-refractivity contribution in [3.8, 4) is 17.6 Å². The van der Waals surface area contributed by atoms with Gasteiger partial charge >= 0.3 is 6.18 Å². The fourth-order valence-electron chi connectivity index (χ4n) is 3.63. The number of pyridine rings is 2. The normalized spacial score (nSPS) is 14.3. The number of benzene rings is 1. The molecule has 0 saturated heterocycles. The highest BCUT2D eigenvalue weighted by Gasteiger charge is 2.34. The molecule has 0 aliphatic heterocycles. The van der Waals surface area contributed by atoms with Crippen molar-refractivity contribution >= 4 is 0 Å². The van der Waals surface area contributed by atoms with E-state index >= 15 is 0 Å². The molecular formula is C26H23F3N2O2. The van der Waals surface area contributed by atoms with Crippen LogP contribution in [0.15, 0.2) is 59.5 Å². The molecule has 2 aromatic heterocycles. The molecule has 1 saturated carbocycles. The Labute approximate surface area is 190 Å². The molecule has 0 unspecified atom stereocenters. The molecule has 3 aromatic rings. The third-order valence-corrected chi connectivity index (χ3v) is 5.58. The van der Waals surface area contributed by atoms with Crippen LogP contribution in [0.3, 0.4) is 0 Å². The maximum Gasteiger partial charge on any atom is 0.418 e. The van der Waals surface area contributed by atoms with Crippen molar-refractivity contribution in [2.24, 2.45) is 5.92 Å². The highest BCUT2D eigenvalue weighted by molar-refractivity contribution is 5.38. The van der Waals surface area contributed by atoms with Crippen molar-refractivity contribution in [2.45, 2.75) is 45.5 Å². The van der Waals surface area contributed by atoms with Crippen molar-refractivity contribution in [3.05, 3.63) is 93.2 Å². The van der Waals surface area contributed by atoms with E-state index in [2.05, 4.69) is 16.8 Å². The molecule has 0 spiro atoms. The van der Waals surface area contributed by atoms with Crippen molar-refractivity contribution < 1.29 is 17.9 Å². The van der Waals surface area contributed by atoms with Crippen LogP contribution in [0, 0.1) is 24.7 Å². The highest BCUT2D eigenvalue weighted by atomic mass is 19.4.